The van der Waals surface area contributed by atoms with E-state index < -0.39 is 0 Å². The van der Waals surface area contributed by atoms with Crippen LogP contribution in [0.5, 0.6) is 0 Å². The van der Waals surface area contributed by atoms with Gasteiger partial charge in [0.15, 0.2) is 0 Å². The molecule has 0 N–H and O–H groups in total. The van der Waals surface area contributed by atoms with Gasteiger partial charge in [0.1, 0.15) is 0 Å². The summed E-state index contributed by atoms with van der Waals surface area (Å²) in [5.74, 6) is 0.535. The van der Waals surface area contributed by atoms with E-state index in [-0.39, 0.29) is 5.41 Å². The molecule has 0 aliphatic carbocycles. The molecule has 0 radical (unpaired) electrons. The Hall–Kier alpha value is -1.04. The topological polar surface area (TPSA) is 0 Å². The van der Waals surface area contributed by atoms with Crippen LogP contribution in [0.15, 0.2) is 48.6 Å². The average Bonchev–Trinajstić information content (AvgIpc) is 0.938. The molecule has 0 heteroatoms. The van der Waals surface area contributed by atoms with E-state index in [0.717, 1.165) is 0 Å². The molecule has 0 fully saturated rings. The SMILES string of the molecule is CCCCCCCCCCCCCCCC=CC(CCCCCCCCCCCCCCCCCCC)C(C=CCCCCCCCCCCCCCCCC)(C=CCCCCCCCCCCCCCCCCC)C=CCCCCCCCCCCCCCCCCCC. The lowest BCUT2D eigenvalue weighted by Crippen LogP contribution is -2.23. The first-order valence-electron chi connectivity index (χ1n) is 45.9. The molecule has 0 nitrogen and oxygen atoms in total. The van der Waals surface area contributed by atoms with Crippen molar-refractivity contribution >= 4 is 0 Å². The van der Waals surface area contributed by atoms with Gasteiger partial charge in [0.25, 0.3) is 0 Å². The molecule has 2 atom stereocenters. The Labute approximate surface area is 604 Å². The molecule has 0 saturated carbocycles. The molecule has 0 saturated heterocycles. The summed E-state index contributed by atoms with van der Waals surface area (Å²) in [5, 5.41) is 0. The van der Waals surface area contributed by atoms with Gasteiger partial charge in [0.2, 0.25) is 0 Å². The predicted molar refractivity (Wildman–Crippen MR) is 440 cm³/mol. The van der Waals surface area contributed by atoms with Gasteiger partial charge in [-0.25, -0.2) is 0 Å². The minimum Gasteiger partial charge on any atom is -0.0882 e. The third-order valence-corrected chi connectivity index (χ3v) is 22.2. The van der Waals surface area contributed by atoms with Crippen LogP contribution in [0.2, 0.25) is 0 Å². The van der Waals surface area contributed by atoms with Gasteiger partial charge in [-0.05, 0) is 63.7 Å². The molecule has 0 heterocycles. The molecule has 0 aromatic carbocycles. The summed E-state index contributed by atoms with van der Waals surface area (Å²) >= 11 is 0. The largest absolute Gasteiger partial charge is 0.0882 e. The van der Waals surface area contributed by atoms with Crippen molar-refractivity contribution in [3.8, 4) is 0 Å². The Morgan fingerprint density at radius 3 is 0.463 bits per heavy atom. The van der Waals surface area contributed by atoms with Gasteiger partial charge < -0.3 is 0 Å². The molecule has 0 aliphatic rings. The highest BCUT2D eigenvalue weighted by Gasteiger charge is 2.29. The zero-order chi connectivity index (χ0) is 68.3. The zero-order valence-electron chi connectivity index (χ0n) is 67.3. The number of hydrogen-bond donors (Lipinski definition) is 0. The third kappa shape index (κ3) is 75.5. The molecule has 95 heavy (non-hydrogen) atoms. The fourth-order valence-corrected chi connectivity index (χ4v) is 15.4. The minimum atomic E-state index is -0.0257. The van der Waals surface area contributed by atoms with Crippen LogP contribution < -0.4 is 0 Å². The second-order valence-electron chi connectivity index (χ2n) is 31.9. The Balaban J connectivity index is 6.17. The molecule has 0 aliphatic heterocycles. The van der Waals surface area contributed by atoms with Crippen molar-refractivity contribution in [2.75, 3.05) is 0 Å². The van der Waals surface area contributed by atoms with Gasteiger partial charge in [-0.1, -0.05) is 539 Å². The predicted octanol–water partition coefficient (Wildman–Crippen LogP) is 36.1. The fraction of sp³-hybridized carbons (Fsp3) is 0.916. The molecule has 0 amide bonds. The molecule has 0 rings (SSSR count). The maximum absolute atomic E-state index is 2.79. The highest BCUT2D eigenvalue weighted by molar-refractivity contribution is 5.26. The van der Waals surface area contributed by atoms with Crippen LogP contribution in [0.4, 0.5) is 0 Å². The second kappa shape index (κ2) is 85.4. The number of rotatable bonds is 85. The summed E-state index contributed by atoms with van der Waals surface area (Å²) in [6.45, 7) is 11.7. The highest BCUT2D eigenvalue weighted by Crippen LogP contribution is 2.40. The van der Waals surface area contributed by atoms with Gasteiger partial charge in [-0.3, -0.25) is 0 Å². The van der Waals surface area contributed by atoms with E-state index in [1.165, 1.54) is 514 Å². The number of unbranched alkanes of at least 4 members (excludes halogenated alkanes) is 74. The van der Waals surface area contributed by atoms with Crippen molar-refractivity contribution in [3.05, 3.63) is 48.6 Å². The van der Waals surface area contributed by atoms with Crippen molar-refractivity contribution in [2.45, 2.75) is 548 Å². The van der Waals surface area contributed by atoms with Crippen LogP contribution in [-0.2, 0) is 0 Å². The van der Waals surface area contributed by atoms with E-state index in [2.05, 4.69) is 83.2 Å². The Kier molecular flexibility index (Phi) is 84.4. The molecule has 0 aromatic heterocycles. The molecular weight excluding hydrogens is 1140 g/mol. The molecular formula is C95H184. The molecule has 0 spiro atoms. The summed E-state index contributed by atoms with van der Waals surface area (Å²) in [6.07, 6.45) is 136. The van der Waals surface area contributed by atoms with Crippen molar-refractivity contribution in [2.24, 2.45) is 11.3 Å². The fourth-order valence-electron chi connectivity index (χ4n) is 15.4. The molecule has 564 valence electrons. The summed E-state index contributed by atoms with van der Waals surface area (Å²) < 4.78 is 0. The number of allylic oxidation sites excluding steroid dienone is 8. The lowest BCUT2D eigenvalue weighted by atomic mass is 9.71. The zero-order valence-corrected chi connectivity index (χ0v) is 67.3. The van der Waals surface area contributed by atoms with E-state index in [1.54, 1.807) is 0 Å². The van der Waals surface area contributed by atoms with Crippen LogP contribution >= 0.6 is 0 Å². The van der Waals surface area contributed by atoms with E-state index in [4.69, 9.17) is 0 Å². The van der Waals surface area contributed by atoms with Crippen molar-refractivity contribution in [1.82, 2.24) is 0 Å². The first-order chi connectivity index (χ1) is 47.2. The van der Waals surface area contributed by atoms with Gasteiger partial charge in [-0.2, -0.15) is 0 Å². The monoisotopic (exact) mass is 1330 g/mol. The smallest absolute Gasteiger partial charge is 0.0304 e. The normalized spacial score (nSPS) is 13.2. The summed E-state index contributed by atoms with van der Waals surface area (Å²) in [5.41, 5.74) is -0.0257. The maximum Gasteiger partial charge on any atom is 0.0304 e. The van der Waals surface area contributed by atoms with Gasteiger partial charge in [0.05, 0.1) is 0 Å². The Bertz CT molecular complexity index is 1460. The van der Waals surface area contributed by atoms with Crippen LogP contribution in [0, 0.1) is 11.3 Å². The minimum absolute atomic E-state index is 0.0257. The Morgan fingerprint density at radius 2 is 0.295 bits per heavy atom. The first-order valence-corrected chi connectivity index (χ1v) is 45.9. The summed E-state index contributed by atoms with van der Waals surface area (Å²) in [7, 11) is 0. The lowest BCUT2D eigenvalue weighted by Gasteiger charge is -2.33. The molecule has 2 unspecified atom stereocenters. The summed E-state index contributed by atoms with van der Waals surface area (Å²) in [6, 6.07) is 0. The van der Waals surface area contributed by atoms with Crippen molar-refractivity contribution in [1.29, 1.82) is 0 Å². The first kappa shape index (κ1) is 94.0. The van der Waals surface area contributed by atoms with E-state index in [1.807, 2.05) is 0 Å². The quantitative estimate of drug-likeness (QED) is 0.0421. The van der Waals surface area contributed by atoms with Crippen molar-refractivity contribution in [3.63, 3.8) is 0 Å². The van der Waals surface area contributed by atoms with Gasteiger partial charge in [0, 0.05) is 5.41 Å². The highest BCUT2D eigenvalue weighted by atomic mass is 14.3. The standard InChI is InChI=1S/C95H184/c1-6-11-16-21-26-31-36-41-46-50-53-58-63-68-73-78-83-88-93-95(91-86-81-76-71-66-61-56-49-44-39-34-29-24-19-14-9-4,92-87-82-77-72-67-62-57-52-48-43-38-33-28-23-18-13-8-3)94(89-84-79-74-69-64-59-54-45-40-35-30-25-20-15-10-5)90-85-80-75-70-65-60-55-51-47-42-37-32-27-22-17-12-7-2/h84,86-89,91-94H,6-83,85,90H2,1-5H3. The van der Waals surface area contributed by atoms with E-state index in [0.29, 0.717) is 5.92 Å². The number of hydrogen-bond acceptors (Lipinski definition) is 0. The van der Waals surface area contributed by atoms with Crippen LogP contribution in [0.1, 0.15) is 548 Å². The second-order valence-corrected chi connectivity index (χ2v) is 31.9. The van der Waals surface area contributed by atoms with E-state index >= 15 is 0 Å². The third-order valence-electron chi connectivity index (χ3n) is 22.2. The molecule has 0 bridgehead atoms. The van der Waals surface area contributed by atoms with Crippen LogP contribution in [0.25, 0.3) is 0 Å². The van der Waals surface area contributed by atoms with Crippen molar-refractivity contribution < 1.29 is 0 Å². The summed E-state index contributed by atoms with van der Waals surface area (Å²) in [4.78, 5) is 0. The molecule has 0 aromatic rings. The maximum atomic E-state index is 2.79. The van der Waals surface area contributed by atoms with Crippen LogP contribution in [-0.4, -0.2) is 0 Å². The lowest BCUT2D eigenvalue weighted by molar-refractivity contribution is 0.391. The van der Waals surface area contributed by atoms with E-state index in [9.17, 15) is 0 Å². The van der Waals surface area contributed by atoms with Gasteiger partial charge >= 0.3 is 0 Å². The van der Waals surface area contributed by atoms with Crippen LogP contribution in [0.3, 0.4) is 0 Å². The van der Waals surface area contributed by atoms with Gasteiger partial charge in [-0.15, -0.1) is 0 Å². The Morgan fingerprint density at radius 1 is 0.158 bits per heavy atom. The average molecular weight is 1330 g/mol.